The van der Waals surface area contributed by atoms with Crippen LogP contribution in [0, 0.1) is 5.82 Å². The number of unbranched alkanes of at least 4 members (excludes halogenated alkanes) is 1. The Morgan fingerprint density at radius 1 is 0.920 bits per heavy atom. The monoisotopic (exact) mass is 350 g/mol. The molecule has 2 rings (SSSR count). The van der Waals surface area contributed by atoms with E-state index in [0.717, 1.165) is 37.0 Å². The molecule has 0 atom stereocenters. The molecule has 0 radical (unpaired) electrons. The summed E-state index contributed by atoms with van der Waals surface area (Å²) in [6.45, 7) is 2.14. The summed E-state index contributed by atoms with van der Waals surface area (Å²) in [6, 6.07) is 10.5. The number of benzene rings is 2. The molecule has 0 unspecified atom stereocenters. The molecular formula is C19H18F4N2. The SMILES string of the molecule is CCCCc1ccc(/C=N/N=C/c2ccc(C(F)(F)F)c(F)c2)cc1. The van der Waals surface area contributed by atoms with Crippen molar-refractivity contribution in [1.29, 1.82) is 0 Å². The first-order valence-electron chi connectivity index (χ1n) is 7.92. The van der Waals surface area contributed by atoms with Gasteiger partial charge < -0.3 is 0 Å². The molecule has 0 fully saturated rings. The van der Waals surface area contributed by atoms with Gasteiger partial charge in [0.2, 0.25) is 0 Å². The van der Waals surface area contributed by atoms with E-state index < -0.39 is 17.6 Å². The minimum atomic E-state index is -4.71. The van der Waals surface area contributed by atoms with Gasteiger partial charge in [0.15, 0.2) is 0 Å². The van der Waals surface area contributed by atoms with Gasteiger partial charge in [-0.1, -0.05) is 43.7 Å². The van der Waals surface area contributed by atoms with E-state index in [0.29, 0.717) is 6.07 Å². The molecule has 25 heavy (non-hydrogen) atoms. The summed E-state index contributed by atoms with van der Waals surface area (Å²) in [5, 5.41) is 7.57. The molecule has 0 saturated heterocycles. The Balaban J connectivity index is 1.98. The Kier molecular flexibility index (Phi) is 6.44. The van der Waals surface area contributed by atoms with E-state index in [9.17, 15) is 17.6 Å². The summed E-state index contributed by atoms with van der Waals surface area (Å²) in [6.07, 6.45) is 1.34. The minimum absolute atomic E-state index is 0.206. The van der Waals surface area contributed by atoms with E-state index in [1.165, 1.54) is 18.0 Å². The molecule has 6 heteroatoms. The molecule has 2 aromatic carbocycles. The Labute approximate surface area is 143 Å². The van der Waals surface area contributed by atoms with Crippen molar-refractivity contribution in [3.63, 3.8) is 0 Å². The molecular weight excluding hydrogens is 332 g/mol. The van der Waals surface area contributed by atoms with Crippen molar-refractivity contribution >= 4 is 12.4 Å². The second kappa shape index (κ2) is 8.55. The normalized spacial score (nSPS) is 12.4. The summed E-state index contributed by atoms with van der Waals surface area (Å²) in [4.78, 5) is 0. The first-order chi connectivity index (χ1) is 11.9. The molecule has 0 N–H and O–H groups in total. The standard InChI is InChI=1S/C19H18F4N2/c1-2-3-4-14-5-7-15(8-6-14)12-24-25-13-16-9-10-17(18(20)11-16)19(21,22)23/h5-13H,2-4H2,1H3/b24-12+,25-13+. The summed E-state index contributed by atoms with van der Waals surface area (Å²) < 4.78 is 50.9. The number of rotatable bonds is 6. The maximum absolute atomic E-state index is 13.4. The van der Waals surface area contributed by atoms with E-state index in [2.05, 4.69) is 17.1 Å². The molecule has 0 amide bonds. The van der Waals surface area contributed by atoms with Crippen LogP contribution in [0.5, 0.6) is 0 Å². The lowest BCUT2D eigenvalue weighted by molar-refractivity contribution is -0.140. The highest BCUT2D eigenvalue weighted by atomic mass is 19.4. The van der Waals surface area contributed by atoms with Gasteiger partial charge in [-0.05, 0) is 41.7 Å². The van der Waals surface area contributed by atoms with Crippen molar-refractivity contribution in [3.05, 3.63) is 70.5 Å². The van der Waals surface area contributed by atoms with Gasteiger partial charge in [0.05, 0.1) is 18.0 Å². The first-order valence-corrected chi connectivity index (χ1v) is 7.92. The predicted molar refractivity (Wildman–Crippen MR) is 91.6 cm³/mol. The van der Waals surface area contributed by atoms with E-state index in [-0.39, 0.29) is 5.56 Å². The molecule has 0 aliphatic heterocycles. The Morgan fingerprint density at radius 3 is 2.08 bits per heavy atom. The van der Waals surface area contributed by atoms with E-state index in [4.69, 9.17) is 0 Å². The molecule has 2 aromatic rings. The predicted octanol–water partition coefficient (Wildman–Crippen LogP) is 5.64. The molecule has 0 aromatic heterocycles. The molecule has 0 heterocycles. The van der Waals surface area contributed by atoms with Crippen molar-refractivity contribution in [2.24, 2.45) is 10.2 Å². The van der Waals surface area contributed by atoms with Crippen LogP contribution < -0.4 is 0 Å². The minimum Gasteiger partial charge on any atom is -0.206 e. The third-order valence-corrected chi connectivity index (χ3v) is 3.58. The lowest BCUT2D eigenvalue weighted by Crippen LogP contribution is -2.08. The highest BCUT2D eigenvalue weighted by Crippen LogP contribution is 2.31. The average Bonchev–Trinajstić information content (AvgIpc) is 2.57. The van der Waals surface area contributed by atoms with E-state index in [1.807, 2.05) is 24.3 Å². The fourth-order valence-electron chi connectivity index (χ4n) is 2.19. The van der Waals surface area contributed by atoms with Gasteiger partial charge in [-0.2, -0.15) is 23.4 Å². The van der Waals surface area contributed by atoms with Crippen LogP contribution in [0.3, 0.4) is 0 Å². The third-order valence-electron chi connectivity index (χ3n) is 3.58. The van der Waals surface area contributed by atoms with Crippen molar-refractivity contribution in [1.82, 2.24) is 0 Å². The lowest BCUT2D eigenvalue weighted by atomic mass is 10.1. The second-order valence-corrected chi connectivity index (χ2v) is 5.57. The number of hydrogen-bond donors (Lipinski definition) is 0. The fourth-order valence-corrected chi connectivity index (χ4v) is 2.19. The van der Waals surface area contributed by atoms with Gasteiger partial charge in [-0.3, -0.25) is 0 Å². The third kappa shape index (κ3) is 5.81. The highest BCUT2D eigenvalue weighted by Gasteiger charge is 2.33. The van der Waals surface area contributed by atoms with Gasteiger partial charge >= 0.3 is 6.18 Å². The maximum atomic E-state index is 13.4. The van der Waals surface area contributed by atoms with Gasteiger partial charge in [-0.15, -0.1) is 0 Å². The lowest BCUT2D eigenvalue weighted by Gasteiger charge is -2.07. The zero-order valence-corrected chi connectivity index (χ0v) is 13.7. The van der Waals surface area contributed by atoms with Crippen molar-refractivity contribution in [3.8, 4) is 0 Å². The van der Waals surface area contributed by atoms with Crippen molar-refractivity contribution in [2.45, 2.75) is 32.4 Å². The van der Waals surface area contributed by atoms with Crippen LogP contribution in [0.25, 0.3) is 0 Å². The second-order valence-electron chi connectivity index (χ2n) is 5.57. The largest absolute Gasteiger partial charge is 0.419 e. The van der Waals surface area contributed by atoms with Crippen LogP contribution in [-0.2, 0) is 12.6 Å². The van der Waals surface area contributed by atoms with Crippen LogP contribution in [0.15, 0.2) is 52.7 Å². The quantitative estimate of drug-likeness (QED) is 0.366. The Hall–Kier alpha value is -2.50. The molecule has 0 saturated carbocycles. The van der Waals surface area contributed by atoms with Crippen LogP contribution in [0.4, 0.5) is 17.6 Å². The summed E-state index contributed by atoms with van der Waals surface area (Å²) in [5.41, 5.74) is 1.02. The number of alkyl halides is 3. The Morgan fingerprint density at radius 2 is 1.52 bits per heavy atom. The maximum Gasteiger partial charge on any atom is 0.419 e. The van der Waals surface area contributed by atoms with E-state index in [1.54, 1.807) is 0 Å². The number of aryl methyl sites for hydroxylation is 1. The highest BCUT2D eigenvalue weighted by molar-refractivity contribution is 5.82. The summed E-state index contributed by atoms with van der Waals surface area (Å²) in [5.74, 6) is -1.33. The summed E-state index contributed by atoms with van der Waals surface area (Å²) in [7, 11) is 0. The van der Waals surface area contributed by atoms with Gasteiger partial charge in [0.1, 0.15) is 5.82 Å². The molecule has 132 valence electrons. The van der Waals surface area contributed by atoms with Crippen LogP contribution in [0.2, 0.25) is 0 Å². The van der Waals surface area contributed by atoms with Crippen LogP contribution >= 0.6 is 0 Å². The molecule has 0 spiro atoms. The van der Waals surface area contributed by atoms with Crippen molar-refractivity contribution in [2.75, 3.05) is 0 Å². The van der Waals surface area contributed by atoms with Gasteiger partial charge in [0.25, 0.3) is 0 Å². The van der Waals surface area contributed by atoms with Crippen molar-refractivity contribution < 1.29 is 17.6 Å². The Bertz CT molecular complexity index is 747. The van der Waals surface area contributed by atoms with E-state index >= 15 is 0 Å². The zero-order valence-electron chi connectivity index (χ0n) is 13.7. The van der Waals surface area contributed by atoms with Gasteiger partial charge in [0, 0.05) is 0 Å². The molecule has 0 aliphatic rings. The van der Waals surface area contributed by atoms with Crippen LogP contribution in [-0.4, -0.2) is 12.4 Å². The van der Waals surface area contributed by atoms with Gasteiger partial charge in [-0.25, -0.2) is 4.39 Å². The zero-order chi connectivity index (χ0) is 18.3. The topological polar surface area (TPSA) is 24.7 Å². The fraction of sp³-hybridized carbons (Fsp3) is 0.263. The first kappa shape index (κ1) is 18.8. The molecule has 0 aliphatic carbocycles. The molecule has 2 nitrogen and oxygen atoms in total. The smallest absolute Gasteiger partial charge is 0.206 e. The number of hydrogen-bond acceptors (Lipinski definition) is 2. The summed E-state index contributed by atoms with van der Waals surface area (Å²) >= 11 is 0. The number of nitrogens with zero attached hydrogens (tertiary/aromatic N) is 2. The average molecular weight is 350 g/mol. The molecule has 0 bridgehead atoms. The number of halogens is 4. The van der Waals surface area contributed by atoms with Crippen LogP contribution in [0.1, 0.15) is 42.0 Å².